The van der Waals surface area contributed by atoms with E-state index in [1.807, 2.05) is 19.1 Å². The van der Waals surface area contributed by atoms with Gasteiger partial charge in [0.1, 0.15) is 0 Å². The van der Waals surface area contributed by atoms with Crippen molar-refractivity contribution >= 4 is 29.1 Å². The van der Waals surface area contributed by atoms with E-state index in [1.165, 1.54) is 11.1 Å². The number of fused-ring (bicyclic) bond motifs is 1. The van der Waals surface area contributed by atoms with Crippen molar-refractivity contribution in [1.82, 2.24) is 5.32 Å². The molecule has 0 heterocycles. The summed E-state index contributed by atoms with van der Waals surface area (Å²) in [5.74, 6) is 0.769. The number of halogens is 2. The highest BCUT2D eigenvalue weighted by atomic mass is 35.5. The molecule has 0 fully saturated rings. The number of alkyl halides is 2. The van der Waals surface area contributed by atoms with Crippen LogP contribution in [0, 0.1) is 5.92 Å². The van der Waals surface area contributed by atoms with Gasteiger partial charge in [-0.15, -0.1) is 23.2 Å². The Bertz CT molecular complexity index is 424. The van der Waals surface area contributed by atoms with Crippen LogP contribution in [-0.4, -0.2) is 23.2 Å². The highest BCUT2D eigenvalue weighted by Crippen LogP contribution is 2.27. The van der Waals surface area contributed by atoms with E-state index >= 15 is 0 Å². The van der Waals surface area contributed by atoms with E-state index in [-0.39, 0.29) is 11.8 Å². The first-order valence-electron chi connectivity index (χ1n) is 6.65. The van der Waals surface area contributed by atoms with Crippen LogP contribution in [0.4, 0.5) is 0 Å². The standard InChI is InChI=1S/C15H19Cl2NO/c1-2-15(9-16,10-17)18-14(19)13-7-11-5-3-4-6-12(11)8-13/h3-6,13H,2,7-10H2,1H3,(H,18,19). The molecule has 4 heteroatoms. The van der Waals surface area contributed by atoms with Crippen LogP contribution < -0.4 is 5.32 Å². The van der Waals surface area contributed by atoms with Crippen LogP contribution in [0.5, 0.6) is 0 Å². The molecule has 0 saturated carbocycles. The molecule has 1 amide bonds. The monoisotopic (exact) mass is 299 g/mol. The number of amides is 1. The predicted molar refractivity (Wildman–Crippen MR) is 79.9 cm³/mol. The third-order valence-electron chi connectivity index (χ3n) is 4.00. The minimum absolute atomic E-state index is 0.00904. The van der Waals surface area contributed by atoms with Crippen molar-refractivity contribution in [2.75, 3.05) is 11.8 Å². The Labute approximate surface area is 124 Å². The molecule has 1 aliphatic carbocycles. The van der Waals surface area contributed by atoms with Gasteiger partial charge in [0.2, 0.25) is 5.91 Å². The maximum Gasteiger partial charge on any atom is 0.224 e. The molecule has 0 aromatic heterocycles. The SMILES string of the molecule is CCC(CCl)(CCl)NC(=O)C1Cc2ccccc2C1. The van der Waals surface area contributed by atoms with Gasteiger partial charge in [-0.2, -0.15) is 0 Å². The van der Waals surface area contributed by atoms with Crippen LogP contribution in [0.2, 0.25) is 0 Å². The second-order valence-corrected chi connectivity index (χ2v) is 5.80. The number of hydrogen-bond donors (Lipinski definition) is 1. The van der Waals surface area contributed by atoms with E-state index in [1.54, 1.807) is 0 Å². The summed E-state index contributed by atoms with van der Waals surface area (Å²) in [5.41, 5.74) is 2.08. The highest BCUT2D eigenvalue weighted by molar-refractivity contribution is 6.22. The van der Waals surface area contributed by atoms with Gasteiger partial charge in [-0.05, 0) is 30.4 Å². The molecule has 0 atom stereocenters. The number of rotatable bonds is 5. The summed E-state index contributed by atoms with van der Waals surface area (Å²) < 4.78 is 0. The lowest BCUT2D eigenvalue weighted by Crippen LogP contribution is -2.53. The Morgan fingerprint density at radius 3 is 2.21 bits per heavy atom. The zero-order valence-electron chi connectivity index (χ0n) is 11.1. The predicted octanol–water partition coefficient (Wildman–Crippen LogP) is 3.14. The van der Waals surface area contributed by atoms with Gasteiger partial charge in [-0.1, -0.05) is 31.2 Å². The largest absolute Gasteiger partial charge is 0.348 e. The van der Waals surface area contributed by atoms with Crippen molar-refractivity contribution < 1.29 is 4.79 Å². The van der Waals surface area contributed by atoms with Crippen LogP contribution in [0.1, 0.15) is 24.5 Å². The van der Waals surface area contributed by atoms with E-state index < -0.39 is 5.54 Å². The van der Waals surface area contributed by atoms with Crippen molar-refractivity contribution in [3.05, 3.63) is 35.4 Å². The average molecular weight is 300 g/mol. The number of nitrogens with one attached hydrogen (secondary N) is 1. The zero-order valence-corrected chi connectivity index (χ0v) is 12.6. The molecular formula is C15H19Cl2NO. The minimum atomic E-state index is -0.477. The Morgan fingerprint density at radius 2 is 1.79 bits per heavy atom. The zero-order chi connectivity index (χ0) is 13.9. The first-order valence-corrected chi connectivity index (χ1v) is 7.72. The number of carbonyl (C=O) groups excluding carboxylic acids is 1. The van der Waals surface area contributed by atoms with Crippen LogP contribution in [0.3, 0.4) is 0 Å². The lowest BCUT2D eigenvalue weighted by molar-refractivity contribution is -0.126. The van der Waals surface area contributed by atoms with E-state index in [9.17, 15) is 4.79 Å². The van der Waals surface area contributed by atoms with E-state index in [2.05, 4.69) is 17.4 Å². The normalized spacial score (nSPS) is 15.3. The number of carbonyl (C=O) groups is 1. The third kappa shape index (κ3) is 3.06. The Balaban J connectivity index is 2.03. The molecule has 1 aliphatic rings. The van der Waals surface area contributed by atoms with Gasteiger partial charge in [-0.3, -0.25) is 4.79 Å². The Kier molecular flexibility index (Phi) is 4.75. The average Bonchev–Trinajstić information content (AvgIpc) is 2.89. The second kappa shape index (κ2) is 6.15. The summed E-state index contributed by atoms with van der Waals surface area (Å²) in [7, 11) is 0. The van der Waals surface area contributed by atoms with Crippen LogP contribution >= 0.6 is 23.2 Å². The Morgan fingerprint density at radius 1 is 1.26 bits per heavy atom. The van der Waals surface area contributed by atoms with Crippen molar-refractivity contribution in [2.45, 2.75) is 31.7 Å². The van der Waals surface area contributed by atoms with E-state index in [0.29, 0.717) is 11.8 Å². The minimum Gasteiger partial charge on any atom is -0.348 e. The van der Waals surface area contributed by atoms with Gasteiger partial charge >= 0.3 is 0 Å². The summed E-state index contributed by atoms with van der Waals surface area (Å²) in [6.07, 6.45) is 2.37. The molecular weight excluding hydrogens is 281 g/mol. The summed E-state index contributed by atoms with van der Waals surface area (Å²) in [6.45, 7) is 1.99. The summed E-state index contributed by atoms with van der Waals surface area (Å²) >= 11 is 11.9. The molecule has 104 valence electrons. The van der Waals surface area contributed by atoms with Gasteiger partial charge in [0.05, 0.1) is 5.54 Å². The van der Waals surface area contributed by atoms with Gasteiger partial charge < -0.3 is 5.32 Å². The molecule has 0 radical (unpaired) electrons. The summed E-state index contributed by atoms with van der Waals surface area (Å²) in [4.78, 5) is 12.4. The first-order chi connectivity index (χ1) is 9.14. The number of benzene rings is 1. The molecule has 0 saturated heterocycles. The third-order valence-corrected chi connectivity index (χ3v) is 5.02. The fraction of sp³-hybridized carbons (Fsp3) is 0.533. The van der Waals surface area contributed by atoms with Crippen molar-refractivity contribution in [1.29, 1.82) is 0 Å². The van der Waals surface area contributed by atoms with Gasteiger partial charge in [-0.25, -0.2) is 0 Å². The highest BCUT2D eigenvalue weighted by Gasteiger charge is 2.33. The maximum absolute atomic E-state index is 12.4. The molecule has 19 heavy (non-hydrogen) atoms. The molecule has 0 bridgehead atoms. The second-order valence-electron chi connectivity index (χ2n) is 5.26. The molecule has 1 aromatic carbocycles. The smallest absolute Gasteiger partial charge is 0.224 e. The summed E-state index contributed by atoms with van der Waals surface area (Å²) in [6, 6.07) is 8.23. The van der Waals surface area contributed by atoms with Gasteiger partial charge in [0.25, 0.3) is 0 Å². The van der Waals surface area contributed by atoms with Crippen molar-refractivity contribution in [3.63, 3.8) is 0 Å². The van der Waals surface area contributed by atoms with Crippen molar-refractivity contribution in [2.24, 2.45) is 5.92 Å². The van der Waals surface area contributed by atoms with Crippen molar-refractivity contribution in [3.8, 4) is 0 Å². The first kappa shape index (κ1) is 14.7. The molecule has 2 rings (SSSR count). The van der Waals surface area contributed by atoms with Crippen LogP contribution in [0.25, 0.3) is 0 Å². The molecule has 0 unspecified atom stereocenters. The summed E-state index contributed by atoms with van der Waals surface area (Å²) in [5, 5.41) is 3.05. The van der Waals surface area contributed by atoms with Crippen LogP contribution in [0.15, 0.2) is 24.3 Å². The lowest BCUT2D eigenvalue weighted by atomic mass is 9.98. The van der Waals surface area contributed by atoms with E-state index in [0.717, 1.165) is 19.3 Å². The topological polar surface area (TPSA) is 29.1 Å². The fourth-order valence-corrected chi connectivity index (χ4v) is 3.28. The van der Waals surface area contributed by atoms with Crippen LogP contribution in [-0.2, 0) is 17.6 Å². The molecule has 2 nitrogen and oxygen atoms in total. The lowest BCUT2D eigenvalue weighted by Gasteiger charge is -2.30. The maximum atomic E-state index is 12.4. The molecule has 1 N–H and O–H groups in total. The van der Waals surface area contributed by atoms with Gasteiger partial charge in [0, 0.05) is 17.7 Å². The van der Waals surface area contributed by atoms with Gasteiger partial charge in [0.15, 0.2) is 0 Å². The Hall–Kier alpha value is -0.730. The molecule has 0 aliphatic heterocycles. The molecule has 0 spiro atoms. The van der Waals surface area contributed by atoms with E-state index in [4.69, 9.17) is 23.2 Å². The number of hydrogen-bond acceptors (Lipinski definition) is 1. The quantitative estimate of drug-likeness (QED) is 0.832. The fourth-order valence-electron chi connectivity index (χ4n) is 2.49. The molecule has 1 aromatic rings.